The van der Waals surface area contributed by atoms with Crippen LogP contribution in [-0.4, -0.2) is 29.7 Å². The summed E-state index contributed by atoms with van der Waals surface area (Å²) in [6.07, 6.45) is 3.56. The molecule has 1 aliphatic heterocycles. The number of fused-ring (bicyclic) bond motifs is 1. The van der Waals surface area contributed by atoms with Crippen LogP contribution in [0.4, 0.5) is 5.69 Å². The molecule has 1 heterocycles. The van der Waals surface area contributed by atoms with Crippen molar-refractivity contribution < 1.29 is 23.9 Å². The molecule has 2 amide bonds. The van der Waals surface area contributed by atoms with E-state index in [4.69, 9.17) is 4.74 Å². The maximum absolute atomic E-state index is 12.9. The first-order valence-electron chi connectivity index (χ1n) is 10.3. The number of amides is 2. The maximum atomic E-state index is 12.9. The summed E-state index contributed by atoms with van der Waals surface area (Å²) in [6.45, 7) is 3.47. The highest BCUT2D eigenvalue weighted by Crippen LogP contribution is 2.40. The molecule has 158 valence electrons. The van der Waals surface area contributed by atoms with E-state index in [-0.39, 0.29) is 40.9 Å². The highest BCUT2D eigenvalue weighted by molar-refractivity contribution is 6.22. The molecule has 0 spiro atoms. The third-order valence-electron chi connectivity index (χ3n) is 5.95. The van der Waals surface area contributed by atoms with E-state index in [0.29, 0.717) is 17.7 Å². The van der Waals surface area contributed by atoms with Gasteiger partial charge in [-0.05, 0) is 43.5 Å². The van der Waals surface area contributed by atoms with E-state index in [2.05, 4.69) is 0 Å². The third-order valence-corrected chi connectivity index (χ3v) is 5.95. The van der Waals surface area contributed by atoms with E-state index in [1.165, 1.54) is 24.0 Å². The van der Waals surface area contributed by atoms with Gasteiger partial charge in [-0.2, -0.15) is 0 Å². The topological polar surface area (TPSA) is 80.8 Å². The number of hydrogen-bond acceptors (Lipinski definition) is 5. The van der Waals surface area contributed by atoms with Gasteiger partial charge >= 0.3 is 5.97 Å². The van der Waals surface area contributed by atoms with Crippen molar-refractivity contribution in [3.63, 3.8) is 0 Å². The Morgan fingerprint density at radius 2 is 1.65 bits per heavy atom. The number of nitrogens with zero attached hydrogens (tertiary/aromatic N) is 1. The van der Waals surface area contributed by atoms with Gasteiger partial charge in [-0.1, -0.05) is 49.4 Å². The number of anilines is 1. The predicted octanol–water partition coefficient (Wildman–Crippen LogP) is 3.82. The molecule has 0 aromatic heterocycles. The number of esters is 1. The highest BCUT2D eigenvalue weighted by atomic mass is 16.5. The van der Waals surface area contributed by atoms with E-state index in [0.717, 1.165) is 0 Å². The van der Waals surface area contributed by atoms with Gasteiger partial charge in [0.25, 0.3) is 0 Å². The summed E-state index contributed by atoms with van der Waals surface area (Å²) in [4.78, 5) is 51.8. The van der Waals surface area contributed by atoms with Gasteiger partial charge in [0.15, 0.2) is 6.10 Å². The lowest BCUT2D eigenvalue weighted by Crippen LogP contribution is -2.31. The van der Waals surface area contributed by atoms with Crippen LogP contribution in [0.5, 0.6) is 0 Å². The van der Waals surface area contributed by atoms with Gasteiger partial charge in [-0.25, -0.2) is 4.79 Å². The second-order valence-corrected chi connectivity index (χ2v) is 7.99. The van der Waals surface area contributed by atoms with Gasteiger partial charge in [-0.3, -0.25) is 19.3 Å². The van der Waals surface area contributed by atoms with Crippen molar-refractivity contribution in [1.82, 2.24) is 0 Å². The van der Waals surface area contributed by atoms with Crippen molar-refractivity contribution in [1.29, 1.82) is 0 Å². The van der Waals surface area contributed by atoms with Gasteiger partial charge in [0.05, 0.1) is 23.1 Å². The van der Waals surface area contributed by atoms with Gasteiger partial charge in [0.2, 0.25) is 17.6 Å². The van der Waals surface area contributed by atoms with Crippen molar-refractivity contribution in [2.24, 2.45) is 17.8 Å². The number of carbonyl (C=O) groups excluding carboxylic acids is 4. The molecule has 4 atom stereocenters. The van der Waals surface area contributed by atoms with Gasteiger partial charge < -0.3 is 4.74 Å². The molecule has 0 N–H and O–H groups in total. The Kier molecular flexibility index (Phi) is 5.55. The summed E-state index contributed by atoms with van der Waals surface area (Å²) in [5, 5.41) is 0. The predicted molar refractivity (Wildman–Crippen MR) is 114 cm³/mol. The standard InChI is InChI=1S/C25H23NO5/c1-15-7-6-10-20-21(15)24(29)26(23(20)28)19-13-11-18(12-14-19)25(30)31-16(2)22(27)17-8-4-3-5-9-17/h3-9,11-16,20-21H,10H2,1-2H3/t15-,16+,20-,21+/m1/s1. The van der Waals surface area contributed by atoms with Crippen LogP contribution in [0, 0.1) is 17.8 Å². The van der Waals surface area contributed by atoms with Crippen LogP contribution in [0.3, 0.4) is 0 Å². The second-order valence-electron chi connectivity index (χ2n) is 7.99. The van der Waals surface area contributed by atoms with E-state index < -0.39 is 12.1 Å². The first kappa shape index (κ1) is 20.7. The summed E-state index contributed by atoms with van der Waals surface area (Å²) in [7, 11) is 0. The number of imide groups is 1. The average Bonchev–Trinajstić information content (AvgIpc) is 3.05. The Morgan fingerprint density at radius 3 is 2.29 bits per heavy atom. The Balaban J connectivity index is 1.46. The number of ether oxygens (including phenoxy) is 1. The van der Waals surface area contributed by atoms with E-state index >= 15 is 0 Å². The number of allylic oxidation sites excluding steroid dienone is 2. The molecular formula is C25H23NO5. The van der Waals surface area contributed by atoms with Gasteiger partial charge in [-0.15, -0.1) is 0 Å². The Hall–Kier alpha value is -3.54. The van der Waals surface area contributed by atoms with Crippen molar-refractivity contribution >= 4 is 29.3 Å². The first-order chi connectivity index (χ1) is 14.9. The quantitative estimate of drug-likeness (QED) is 0.320. The zero-order chi connectivity index (χ0) is 22.1. The van der Waals surface area contributed by atoms with E-state index in [1.54, 1.807) is 42.5 Å². The lowest BCUT2D eigenvalue weighted by molar-refractivity contribution is -0.122. The lowest BCUT2D eigenvalue weighted by Gasteiger charge is -2.22. The molecule has 0 radical (unpaired) electrons. The number of rotatable bonds is 5. The fraction of sp³-hybridized carbons (Fsp3) is 0.280. The van der Waals surface area contributed by atoms with Crippen LogP contribution >= 0.6 is 0 Å². The number of Topliss-reactive ketones (excluding diaryl/α,β-unsaturated/α-hetero) is 1. The van der Waals surface area contributed by atoms with Crippen molar-refractivity contribution in [2.75, 3.05) is 4.90 Å². The molecule has 2 aromatic carbocycles. The maximum Gasteiger partial charge on any atom is 0.338 e. The summed E-state index contributed by atoms with van der Waals surface area (Å²) in [5.41, 5.74) is 1.14. The van der Waals surface area contributed by atoms with E-state index in [1.807, 2.05) is 19.1 Å². The molecule has 1 aliphatic carbocycles. The summed E-state index contributed by atoms with van der Waals surface area (Å²) in [5.74, 6) is -2.00. The fourth-order valence-electron chi connectivity index (χ4n) is 4.27. The molecular weight excluding hydrogens is 394 g/mol. The minimum Gasteiger partial charge on any atom is -0.451 e. The molecule has 6 heteroatoms. The molecule has 6 nitrogen and oxygen atoms in total. The number of carbonyl (C=O) groups is 4. The number of ketones is 1. The minimum atomic E-state index is -0.937. The summed E-state index contributed by atoms with van der Waals surface area (Å²) < 4.78 is 5.31. The van der Waals surface area contributed by atoms with Gasteiger partial charge in [0.1, 0.15) is 0 Å². The summed E-state index contributed by atoms with van der Waals surface area (Å²) >= 11 is 0. The van der Waals surface area contributed by atoms with Gasteiger partial charge in [0, 0.05) is 5.56 Å². The molecule has 1 fully saturated rings. The average molecular weight is 417 g/mol. The van der Waals surface area contributed by atoms with Crippen LogP contribution in [0.25, 0.3) is 0 Å². The normalized spacial score (nSPS) is 23.4. The van der Waals surface area contributed by atoms with Crippen LogP contribution in [-0.2, 0) is 14.3 Å². The Morgan fingerprint density at radius 1 is 0.968 bits per heavy atom. The molecule has 0 bridgehead atoms. The smallest absolute Gasteiger partial charge is 0.338 e. The monoisotopic (exact) mass is 417 g/mol. The first-order valence-corrected chi connectivity index (χ1v) is 10.3. The molecule has 0 saturated carbocycles. The Bertz CT molecular complexity index is 1060. The Labute approximate surface area is 180 Å². The highest BCUT2D eigenvalue weighted by Gasteiger charge is 2.50. The minimum absolute atomic E-state index is 0.0121. The third kappa shape index (κ3) is 3.81. The molecule has 0 unspecified atom stereocenters. The molecule has 2 aromatic rings. The molecule has 2 aliphatic rings. The van der Waals surface area contributed by atoms with Crippen LogP contribution < -0.4 is 4.90 Å². The second kappa shape index (κ2) is 8.30. The van der Waals surface area contributed by atoms with Crippen LogP contribution in [0.1, 0.15) is 41.0 Å². The van der Waals surface area contributed by atoms with E-state index in [9.17, 15) is 19.2 Å². The van der Waals surface area contributed by atoms with Crippen molar-refractivity contribution in [3.8, 4) is 0 Å². The zero-order valence-corrected chi connectivity index (χ0v) is 17.4. The van der Waals surface area contributed by atoms with Crippen molar-refractivity contribution in [3.05, 3.63) is 77.9 Å². The SMILES string of the molecule is C[C@H](OC(=O)c1ccc(N2C(=O)[C@H]3[C@H](C)C=CC[C@H]3C2=O)cc1)C(=O)c1ccccc1. The summed E-state index contributed by atoms with van der Waals surface area (Å²) in [6, 6.07) is 14.7. The molecule has 4 rings (SSSR count). The largest absolute Gasteiger partial charge is 0.451 e. The fourth-order valence-corrected chi connectivity index (χ4v) is 4.27. The van der Waals surface area contributed by atoms with Crippen molar-refractivity contribution in [2.45, 2.75) is 26.4 Å². The number of benzene rings is 2. The van der Waals surface area contributed by atoms with Crippen LogP contribution in [0.2, 0.25) is 0 Å². The molecule has 1 saturated heterocycles. The van der Waals surface area contributed by atoms with Crippen LogP contribution in [0.15, 0.2) is 66.7 Å². The molecule has 31 heavy (non-hydrogen) atoms. The zero-order valence-electron chi connectivity index (χ0n) is 17.4. The number of hydrogen-bond donors (Lipinski definition) is 0. The lowest BCUT2D eigenvalue weighted by atomic mass is 9.78.